The molecule has 1 aromatic rings. The van der Waals surface area contributed by atoms with E-state index in [0.29, 0.717) is 56.5 Å². The number of hydrogen-bond acceptors (Lipinski definition) is 4. The van der Waals surface area contributed by atoms with Crippen molar-refractivity contribution >= 4 is 47.4 Å². The maximum absolute atomic E-state index is 12.5. The maximum atomic E-state index is 12.5. The fourth-order valence-electron chi connectivity index (χ4n) is 3.57. The number of nitrogens with zero attached hydrogens (tertiary/aromatic N) is 3. The first-order valence-corrected chi connectivity index (χ1v) is 10.4. The Kier molecular flexibility index (Phi) is 10.1. The molecule has 1 unspecified atom stereocenters. The van der Waals surface area contributed by atoms with E-state index in [1.807, 2.05) is 11.8 Å². The van der Waals surface area contributed by atoms with E-state index in [0.717, 1.165) is 12.8 Å². The average molecular weight is 539 g/mol. The molecular formula is C22H30IN5O3. The molecule has 2 heterocycles. The van der Waals surface area contributed by atoms with E-state index in [9.17, 15) is 9.59 Å². The summed E-state index contributed by atoms with van der Waals surface area (Å²) < 4.78 is 5.51. The molecule has 0 aromatic heterocycles. The minimum Gasteiger partial charge on any atom is -0.368 e. The second-order valence-corrected chi connectivity index (χ2v) is 7.26. The van der Waals surface area contributed by atoms with Gasteiger partial charge in [-0.15, -0.1) is 30.4 Å². The zero-order valence-electron chi connectivity index (χ0n) is 17.8. The number of piperazine rings is 1. The number of terminal acetylenes is 1. The highest BCUT2D eigenvalue weighted by Gasteiger charge is 2.30. The van der Waals surface area contributed by atoms with Crippen LogP contribution in [0.5, 0.6) is 0 Å². The molecule has 0 bridgehead atoms. The number of ether oxygens (including phenoxy) is 1. The topological polar surface area (TPSA) is 86.3 Å². The van der Waals surface area contributed by atoms with Crippen LogP contribution in [0.25, 0.3) is 0 Å². The van der Waals surface area contributed by atoms with Crippen LogP contribution in [0.2, 0.25) is 0 Å². The number of anilines is 1. The third-order valence-electron chi connectivity index (χ3n) is 5.12. The first-order chi connectivity index (χ1) is 14.6. The molecule has 2 aliphatic heterocycles. The highest BCUT2D eigenvalue weighted by atomic mass is 127. The van der Waals surface area contributed by atoms with Gasteiger partial charge in [0, 0.05) is 50.6 Å². The molecule has 0 aliphatic carbocycles. The molecule has 3 rings (SSSR count). The number of carbonyl (C=O) groups is 2. The van der Waals surface area contributed by atoms with E-state index in [1.54, 1.807) is 24.3 Å². The van der Waals surface area contributed by atoms with Gasteiger partial charge in [0.05, 0.1) is 0 Å². The molecule has 8 nitrogen and oxygen atoms in total. The summed E-state index contributed by atoms with van der Waals surface area (Å²) in [4.78, 5) is 33.2. The molecule has 2 N–H and O–H groups in total. The van der Waals surface area contributed by atoms with Crippen molar-refractivity contribution in [2.75, 3.05) is 51.2 Å². The highest BCUT2D eigenvalue weighted by molar-refractivity contribution is 14.0. The molecule has 9 heteroatoms. The molecule has 1 aromatic carbocycles. The van der Waals surface area contributed by atoms with Gasteiger partial charge in [0.25, 0.3) is 5.91 Å². The smallest absolute Gasteiger partial charge is 0.251 e. The maximum Gasteiger partial charge on any atom is 0.251 e. The Labute approximate surface area is 200 Å². The van der Waals surface area contributed by atoms with E-state index >= 15 is 0 Å². The van der Waals surface area contributed by atoms with Gasteiger partial charge in [-0.2, -0.15) is 0 Å². The number of nitrogens with one attached hydrogen (secondary N) is 2. The highest BCUT2D eigenvalue weighted by Crippen LogP contribution is 2.16. The van der Waals surface area contributed by atoms with Gasteiger partial charge in [0.2, 0.25) is 5.91 Å². The summed E-state index contributed by atoms with van der Waals surface area (Å²) in [7, 11) is 0. The van der Waals surface area contributed by atoms with Crippen molar-refractivity contribution in [3.05, 3.63) is 29.8 Å². The van der Waals surface area contributed by atoms with Crippen LogP contribution >= 0.6 is 24.0 Å². The van der Waals surface area contributed by atoms with Gasteiger partial charge in [0.15, 0.2) is 5.96 Å². The summed E-state index contributed by atoms with van der Waals surface area (Å²) in [5.74, 6) is 3.09. The number of rotatable bonds is 5. The minimum atomic E-state index is -0.282. The Bertz CT molecular complexity index is 825. The van der Waals surface area contributed by atoms with Crippen molar-refractivity contribution in [2.45, 2.75) is 25.9 Å². The zero-order valence-corrected chi connectivity index (χ0v) is 20.1. The molecule has 31 heavy (non-hydrogen) atoms. The van der Waals surface area contributed by atoms with Gasteiger partial charge in [-0.25, -0.2) is 4.99 Å². The van der Waals surface area contributed by atoms with E-state index in [4.69, 9.17) is 11.2 Å². The third-order valence-corrected chi connectivity index (χ3v) is 5.12. The van der Waals surface area contributed by atoms with Crippen LogP contribution in [-0.2, 0) is 14.3 Å². The van der Waals surface area contributed by atoms with Crippen molar-refractivity contribution in [1.82, 2.24) is 15.1 Å². The summed E-state index contributed by atoms with van der Waals surface area (Å²) in [6.45, 7) is 5.91. The molecule has 2 fully saturated rings. The van der Waals surface area contributed by atoms with Crippen LogP contribution < -0.4 is 10.6 Å². The average Bonchev–Trinajstić information content (AvgIpc) is 3.31. The van der Waals surface area contributed by atoms with Crippen molar-refractivity contribution in [3.63, 3.8) is 0 Å². The second kappa shape index (κ2) is 12.5. The third kappa shape index (κ3) is 7.11. The first kappa shape index (κ1) is 24.9. The van der Waals surface area contributed by atoms with Gasteiger partial charge in [0.1, 0.15) is 12.6 Å². The number of halogens is 1. The number of hydrogen-bond donors (Lipinski definition) is 2. The van der Waals surface area contributed by atoms with E-state index in [1.165, 1.54) is 0 Å². The lowest BCUT2D eigenvalue weighted by Crippen LogP contribution is -2.55. The quantitative estimate of drug-likeness (QED) is 0.257. The molecule has 2 saturated heterocycles. The molecule has 168 valence electrons. The lowest BCUT2D eigenvalue weighted by atomic mass is 10.2. The van der Waals surface area contributed by atoms with Gasteiger partial charge < -0.3 is 25.2 Å². The summed E-state index contributed by atoms with van der Waals surface area (Å²) >= 11 is 0. The van der Waals surface area contributed by atoms with Crippen LogP contribution in [0.15, 0.2) is 29.3 Å². The fourth-order valence-corrected chi connectivity index (χ4v) is 3.57. The van der Waals surface area contributed by atoms with Gasteiger partial charge in [-0.1, -0.05) is 12.0 Å². The number of carbonyl (C=O) groups excluding carboxylic acids is 2. The Morgan fingerprint density at radius 2 is 2.00 bits per heavy atom. The lowest BCUT2D eigenvalue weighted by Gasteiger charge is -2.37. The monoisotopic (exact) mass is 539 g/mol. The largest absolute Gasteiger partial charge is 0.368 e. The Hall–Kier alpha value is -2.32. The van der Waals surface area contributed by atoms with Gasteiger partial charge in [-0.05, 0) is 38.0 Å². The Morgan fingerprint density at radius 1 is 1.26 bits per heavy atom. The van der Waals surface area contributed by atoms with Crippen LogP contribution in [0.4, 0.5) is 5.69 Å². The van der Waals surface area contributed by atoms with Crippen LogP contribution in [-0.4, -0.2) is 79.6 Å². The minimum absolute atomic E-state index is 0. The van der Waals surface area contributed by atoms with Crippen molar-refractivity contribution < 1.29 is 14.3 Å². The summed E-state index contributed by atoms with van der Waals surface area (Å²) in [5.41, 5.74) is 1.36. The fraction of sp³-hybridized carbons (Fsp3) is 0.500. The molecule has 1 atom stereocenters. The van der Waals surface area contributed by atoms with Crippen LogP contribution in [0.3, 0.4) is 0 Å². The molecule has 2 aliphatic rings. The second-order valence-electron chi connectivity index (χ2n) is 7.26. The van der Waals surface area contributed by atoms with E-state index in [-0.39, 0.29) is 48.4 Å². The number of amides is 2. The predicted molar refractivity (Wildman–Crippen MR) is 132 cm³/mol. The first-order valence-electron chi connectivity index (χ1n) is 10.4. The van der Waals surface area contributed by atoms with Gasteiger partial charge in [-0.3, -0.25) is 9.59 Å². The Balaban J connectivity index is 0.00000341. The summed E-state index contributed by atoms with van der Waals surface area (Å²) in [5, 5.41) is 6.05. The van der Waals surface area contributed by atoms with Crippen molar-refractivity contribution in [1.29, 1.82) is 0 Å². The molecule has 2 amide bonds. The number of aliphatic imine (C=N–C) groups is 1. The molecule has 0 radical (unpaired) electrons. The van der Waals surface area contributed by atoms with Crippen molar-refractivity contribution in [2.24, 2.45) is 4.99 Å². The predicted octanol–water partition coefficient (Wildman–Crippen LogP) is 1.51. The van der Waals surface area contributed by atoms with E-state index in [2.05, 4.69) is 26.4 Å². The SMILES string of the molecule is C#Cc1cccc(NC(=O)CN=C(NCC)N2CCN(C(=O)C3CCCO3)CC2)c1.I. The molecule has 0 spiro atoms. The number of guanidine groups is 1. The molecule has 0 saturated carbocycles. The Morgan fingerprint density at radius 3 is 2.65 bits per heavy atom. The molecular weight excluding hydrogens is 509 g/mol. The summed E-state index contributed by atoms with van der Waals surface area (Å²) in [6, 6.07) is 7.14. The van der Waals surface area contributed by atoms with Crippen LogP contribution in [0, 0.1) is 12.3 Å². The number of benzene rings is 1. The lowest BCUT2D eigenvalue weighted by molar-refractivity contribution is -0.142. The normalized spacial score (nSPS) is 18.7. The van der Waals surface area contributed by atoms with Gasteiger partial charge >= 0.3 is 0 Å². The van der Waals surface area contributed by atoms with E-state index < -0.39 is 0 Å². The zero-order chi connectivity index (χ0) is 21.3. The summed E-state index contributed by atoms with van der Waals surface area (Å²) in [6.07, 6.45) is 6.87. The standard InChI is InChI=1S/C22H29N5O3.HI/c1-3-17-7-5-8-18(15-17)25-20(28)16-24-22(23-4-2)27-12-10-26(11-13-27)21(29)19-9-6-14-30-19;/h1,5,7-8,15,19H,4,6,9-14,16H2,2H3,(H,23,24)(H,25,28);1H. The van der Waals surface area contributed by atoms with Crippen molar-refractivity contribution in [3.8, 4) is 12.3 Å². The van der Waals surface area contributed by atoms with Crippen LogP contribution in [0.1, 0.15) is 25.3 Å².